The minimum atomic E-state index is 0. The second-order valence-corrected chi connectivity index (χ2v) is 5.31. The van der Waals surface area contributed by atoms with Gasteiger partial charge in [-0.05, 0) is 25.5 Å². The fraction of sp³-hybridized carbons (Fsp3) is 0.588. The SMILES string of the molecule is CN=C(NCCc1ccccc1)NCCN(C)CCCOC.I. The lowest BCUT2D eigenvalue weighted by Crippen LogP contribution is -2.41. The number of halogens is 1. The highest BCUT2D eigenvalue weighted by molar-refractivity contribution is 14.0. The molecule has 2 N–H and O–H groups in total. The highest BCUT2D eigenvalue weighted by atomic mass is 127. The van der Waals surface area contributed by atoms with Crippen LogP contribution in [0.2, 0.25) is 0 Å². The Morgan fingerprint density at radius 2 is 1.83 bits per heavy atom. The lowest BCUT2D eigenvalue weighted by molar-refractivity contribution is 0.180. The molecule has 23 heavy (non-hydrogen) atoms. The molecule has 0 aliphatic rings. The molecule has 1 aromatic carbocycles. The summed E-state index contributed by atoms with van der Waals surface area (Å²) in [5, 5.41) is 6.69. The molecule has 0 saturated heterocycles. The number of likely N-dealkylation sites (N-methyl/N-ethyl adjacent to an activating group) is 1. The summed E-state index contributed by atoms with van der Waals surface area (Å²) < 4.78 is 5.06. The Labute approximate surface area is 157 Å². The molecule has 0 aliphatic carbocycles. The van der Waals surface area contributed by atoms with Crippen LogP contribution >= 0.6 is 24.0 Å². The fourth-order valence-corrected chi connectivity index (χ4v) is 2.15. The zero-order valence-electron chi connectivity index (χ0n) is 14.5. The van der Waals surface area contributed by atoms with Gasteiger partial charge in [0.2, 0.25) is 0 Å². The summed E-state index contributed by atoms with van der Waals surface area (Å²) in [6.45, 7) is 4.63. The van der Waals surface area contributed by atoms with Gasteiger partial charge in [0.25, 0.3) is 0 Å². The van der Waals surface area contributed by atoms with Crippen molar-refractivity contribution in [3.63, 3.8) is 0 Å². The number of benzene rings is 1. The minimum absolute atomic E-state index is 0. The quantitative estimate of drug-likeness (QED) is 0.256. The lowest BCUT2D eigenvalue weighted by atomic mass is 10.1. The molecular weight excluding hydrogens is 403 g/mol. The Balaban J connectivity index is 0.00000484. The molecule has 0 fully saturated rings. The maximum absolute atomic E-state index is 5.06. The van der Waals surface area contributed by atoms with Crippen molar-refractivity contribution in [1.29, 1.82) is 0 Å². The van der Waals surface area contributed by atoms with Crippen LogP contribution in [0.3, 0.4) is 0 Å². The van der Waals surface area contributed by atoms with Gasteiger partial charge in [-0.1, -0.05) is 30.3 Å². The van der Waals surface area contributed by atoms with Crippen LogP contribution < -0.4 is 10.6 Å². The van der Waals surface area contributed by atoms with E-state index in [4.69, 9.17) is 4.74 Å². The zero-order valence-corrected chi connectivity index (χ0v) is 16.9. The third-order valence-corrected chi connectivity index (χ3v) is 3.45. The first-order valence-electron chi connectivity index (χ1n) is 7.92. The van der Waals surface area contributed by atoms with Crippen LogP contribution in [0, 0.1) is 0 Å². The lowest BCUT2D eigenvalue weighted by Gasteiger charge is -2.18. The van der Waals surface area contributed by atoms with Gasteiger partial charge in [-0.25, -0.2) is 0 Å². The van der Waals surface area contributed by atoms with Crippen LogP contribution in [0.5, 0.6) is 0 Å². The molecule has 0 heterocycles. The van der Waals surface area contributed by atoms with E-state index in [9.17, 15) is 0 Å². The van der Waals surface area contributed by atoms with Gasteiger partial charge in [0, 0.05) is 46.9 Å². The van der Waals surface area contributed by atoms with Crippen LogP contribution in [-0.2, 0) is 11.2 Å². The summed E-state index contributed by atoms with van der Waals surface area (Å²) in [6, 6.07) is 10.5. The van der Waals surface area contributed by atoms with Gasteiger partial charge in [0.05, 0.1) is 0 Å². The molecule has 0 atom stereocenters. The second kappa shape index (κ2) is 14.7. The Morgan fingerprint density at radius 1 is 1.13 bits per heavy atom. The van der Waals surface area contributed by atoms with Crippen molar-refractivity contribution in [3.8, 4) is 0 Å². The average molecular weight is 434 g/mol. The molecule has 0 amide bonds. The molecule has 0 radical (unpaired) electrons. The van der Waals surface area contributed by atoms with E-state index < -0.39 is 0 Å². The molecule has 5 nitrogen and oxygen atoms in total. The van der Waals surface area contributed by atoms with Gasteiger partial charge in [-0.2, -0.15) is 0 Å². The Kier molecular flexibility index (Phi) is 14.2. The maximum Gasteiger partial charge on any atom is 0.191 e. The van der Waals surface area contributed by atoms with Crippen LogP contribution in [0.4, 0.5) is 0 Å². The third kappa shape index (κ3) is 11.3. The Morgan fingerprint density at radius 3 is 2.48 bits per heavy atom. The minimum Gasteiger partial charge on any atom is -0.385 e. The molecule has 0 aromatic heterocycles. The molecular formula is C17H31IN4O. The van der Waals surface area contributed by atoms with Crippen LogP contribution in [-0.4, -0.2) is 64.9 Å². The van der Waals surface area contributed by atoms with E-state index in [-0.39, 0.29) is 24.0 Å². The van der Waals surface area contributed by atoms with Crippen LogP contribution in [0.1, 0.15) is 12.0 Å². The molecule has 6 heteroatoms. The molecule has 1 rings (SSSR count). The van der Waals surface area contributed by atoms with Gasteiger partial charge < -0.3 is 20.3 Å². The normalized spacial score (nSPS) is 11.2. The van der Waals surface area contributed by atoms with Crippen molar-refractivity contribution in [2.45, 2.75) is 12.8 Å². The first-order valence-corrected chi connectivity index (χ1v) is 7.92. The van der Waals surface area contributed by atoms with E-state index in [1.165, 1.54) is 5.56 Å². The standard InChI is InChI=1S/C17H30N4O.HI/c1-18-17(19-11-10-16-8-5-4-6-9-16)20-12-14-21(2)13-7-15-22-3;/h4-6,8-9H,7,10-15H2,1-3H3,(H2,18,19,20);1H. The predicted molar refractivity (Wildman–Crippen MR) is 109 cm³/mol. The number of rotatable bonds is 10. The number of nitrogens with one attached hydrogen (secondary N) is 2. The van der Waals surface area contributed by atoms with Crippen molar-refractivity contribution in [2.75, 3.05) is 54.0 Å². The van der Waals surface area contributed by atoms with E-state index in [1.807, 2.05) is 6.07 Å². The highest BCUT2D eigenvalue weighted by Crippen LogP contribution is 1.97. The van der Waals surface area contributed by atoms with E-state index in [1.54, 1.807) is 14.2 Å². The highest BCUT2D eigenvalue weighted by Gasteiger charge is 2.00. The molecule has 0 bridgehead atoms. The van der Waals surface area contributed by atoms with E-state index in [2.05, 4.69) is 51.8 Å². The monoisotopic (exact) mass is 434 g/mol. The number of guanidine groups is 1. The van der Waals surface area contributed by atoms with Crippen LogP contribution in [0.15, 0.2) is 35.3 Å². The summed E-state index contributed by atoms with van der Waals surface area (Å²) in [4.78, 5) is 6.54. The zero-order chi connectivity index (χ0) is 16.0. The van der Waals surface area contributed by atoms with Gasteiger partial charge in [-0.3, -0.25) is 4.99 Å². The van der Waals surface area contributed by atoms with E-state index in [0.29, 0.717) is 0 Å². The predicted octanol–water partition coefficient (Wildman–Crippen LogP) is 1.98. The van der Waals surface area contributed by atoms with Crippen molar-refractivity contribution >= 4 is 29.9 Å². The van der Waals surface area contributed by atoms with Gasteiger partial charge in [0.1, 0.15) is 0 Å². The molecule has 0 spiro atoms. The molecule has 1 aromatic rings. The summed E-state index contributed by atoms with van der Waals surface area (Å²) in [7, 11) is 5.68. The van der Waals surface area contributed by atoms with E-state index >= 15 is 0 Å². The first-order chi connectivity index (χ1) is 10.8. The number of hydrogen-bond acceptors (Lipinski definition) is 3. The smallest absolute Gasteiger partial charge is 0.191 e. The summed E-state index contributed by atoms with van der Waals surface area (Å²) >= 11 is 0. The molecule has 132 valence electrons. The van der Waals surface area contributed by atoms with Gasteiger partial charge >= 0.3 is 0 Å². The van der Waals surface area contributed by atoms with Crippen molar-refractivity contribution in [1.82, 2.24) is 15.5 Å². The van der Waals surface area contributed by atoms with E-state index in [0.717, 1.165) is 51.6 Å². The first kappa shape index (κ1) is 22.1. The van der Waals surface area contributed by atoms with Gasteiger partial charge in [-0.15, -0.1) is 24.0 Å². The summed E-state index contributed by atoms with van der Waals surface area (Å²) in [5.41, 5.74) is 1.34. The molecule has 0 saturated carbocycles. The average Bonchev–Trinajstić information content (AvgIpc) is 2.54. The number of methoxy groups -OCH3 is 1. The second-order valence-electron chi connectivity index (χ2n) is 5.31. The maximum atomic E-state index is 5.06. The number of nitrogens with zero attached hydrogens (tertiary/aromatic N) is 2. The Bertz CT molecular complexity index is 414. The topological polar surface area (TPSA) is 48.9 Å². The van der Waals surface area contributed by atoms with Crippen molar-refractivity contribution < 1.29 is 4.74 Å². The van der Waals surface area contributed by atoms with Gasteiger partial charge in [0.15, 0.2) is 5.96 Å². The third-order valence-electron chi connectivity index (χ3n) is 3.45. The largest absolute Gasteiger partial charge is 0.385 e. The Hall–Kier alpha value is -0.860. The summed E-state index contributed by atoms with van der Waals surface area (Å²) in [6.07, 6.45) is 2.06. The fourth-order valence-electron chi connectivity index (χ4n) is 2.15. The number of hydrogen-bond donors (Lipinski definition) is 2. The number of ether oxygens (including phenoxy) is 1. The van der Waals surface area contributed by atoms with Crippen molar-refractivity contribution in [2.24, 2.45) is 4.99 Å². The molecule has 0 aliphatic heterocycles. The number of aliphatic imine (C=N–C) groups is 1. The van der Waals surface area contributed by atoms with Crippen LogP contribution in [0.25, 0.3) is 0 Å². The van der Waals surface area contributed by atoms with Crippen molar-refractivity contribution in [3.05, 3.63) is 35.9 Å². The molecule has 0 unspecified atom stereocenters. The summed E-state index contributed by atoms with van der Waals surface area (Å²) in [5.74, 6) is 0.862.